The molecular weight excluding hydrogens is 254 g/mol. The predicted molar refractivity (Wildman–Crippen MR) is 71.5 cm³/mol. The van der Waals surface area contributed by atoms with Gasteiger partial charge in [-0.3, -0.25) is 4.79 Å². The highest BCUT2D eigenvalue weighted by molar-refractivity contribution is 6.18. The van der Waals surface area contributed by atoms with Gasteiger partial charge in [-0.2, -0.15) is 0 Å². The summed E-state index contributed by atoms with van der Waals surface area (Å²) >= 11 is 5.78. The van der Waals surface area contributed by atoms with Gasteiger partial charge in [-0.1, -0.05) is 13.8 Å². The van der Waals surface area contributed by atoms with Crippen molar-refractivity contribution in [2.75, 3.05) is 19.5 Å². The van der Waals surface area contributed by atoms with Gasteiger partial charge in [-0.05, 0) is 17.5 Å². The van der Waals surface area contributed by atoms with Crippen LogP contribution in [0.15, 0.2) is 18.2 Å². The van der Waals surface area contributed by atoms with Crippen molar-refractivity contribution in [2.45, 2.75) is 13.8 Å². The Morgan fingerprint density at radius 1 is 1.50 bits per heavy atom. The molecule has 1 aromatic carbocycles. The third-order valence-electron chi connectivity index (χ3n) is 2.54. The van der Waals surface area contributed by atoms with Crippen LogP contribution in [0, 0.1) is 5.41 Å². The molecule has 0 spiro atoms. The Kier molecular flexibility index (Phi) is 4.84. The average molecular weight is 272 g/mol. The van der Waals surface area contributed by atoms with Gasteiger partial charge >= 0.3 is 0 Å². The molecule has 0 radical (unpaired) electrons. The minimum absolute atomic E-state index is 0.101. The molecule has 0 unspecified atom stereocenters. The molecular formula is C13H18ClNO3. The van der Waals surface area contributed by atoms with E-state index < -0.39 is 0 Å². The highest BCUT2D eigenvalue weighted by Crippen LogP contribution is 2.23. The zero-order valence-corrected chi connectivity index (χ0v) is 11.5. The largest absolute Gasteiger partial charge is 0.507 e. The van der Waals surface area contributed by atoms with Crippen LogP contribution in [0.25, 0.3) is 0 Å². The SMILES string of the molecule is COc1ccc(C(=O)NCC(C)(C)CCl)c(O)c1. The van der Waals surface area contributed by atoms with E-state index in [2.05, 4.69) is 5.32 Å². The number of aromatic hydroxyl groups is 1. The molecule has 0 bridgehead atoms. The van der Waals surface area contributed by atoms with Crippen molar-refractivity contribution in [2.24, 2.45) is 5.41 Å². The fourth-order valence-corrected chi connectivity index (χ4v) is 1.39. The second-order valence-electron chi connectivity index (χ2n) is 4.86. The van der Waals surface area contributed by atoms with Crippen LogP contribution in [0.4, 0.5) is 0 Å². The van der Waals surface area contributed by atoms with Gasteiger partial charge in [0.2, 0.25) is 0 Å². The summed E-state index contributed by atoms with van der Waals surface area (Å²) in [5.74, 6) is 0.524. The van der Waals surface area contributed by atoms with Crippen LogP contribution in [0.2, 0.25) is 0 Å². The Morgan fingerprint density at radius 3 is 2.67 bits per heavy atom. The number of phenols is 1. The molecule has 1 amide bonds. The van der Waals surface area contributed by atoms with Crippen molar-refractivity contribution < 1.29 is 14.6 Å². The van der Waals surface area contributed by atoms with E-state index >= 15 is 0 Å². The molecule has 0 aliphatic rings. The summed E-state index contributed by atoms with van der Waals surface area (Å²) in [6.07, 6.45) is 0. The molecule has 0 atom stereocenters. The first kappa shape index (κ1) is 14.6. The van der Waals surface area contributed by atoms with Crippen LogP contribution in [0.1, 0.15) is 24.2 Å². The topological polar surface area (TPSA) is 58.6 Å². The fourth-order valence-electron chi connectivity index (χ4n) is 1.29. The molecule has 0 saturated carbocycles. The molecule has 0 saturated heterocycles. The first-order valence-corrected chi connectivity index (χ1v) is 6.14. The molecule has 0 aliphatic carbocycles. The van der Waals surface area contributed by atoms with Crippen molar-refractivity contribution in [1.82, 2.24) is 5.32 Å². The van der Waals surface area contributed by atoms with Gasteiger partial charge in [-0.25, -0.2) is 0 Å². The van der Waals surface area contributed by atoms with Gasteiger partial charge in [0, 0.05) is 18.5 Å². The number of carbonyl (C=O) groups is 1. The molecule has 0 fully saturated rings. The summed E-state index contributed by atoms with van der Waals surface area (Å²) < 4.78 is 4.95. The number of methoxy groups -OCH3 is 1. The lowest BCUT2D eigenvalue weighted by Gasteiger charge is -2.21. The number of benzene rings is 1. The zero-order valence-electron chi connectivity index (χ0n) is 10.8. The summed E-state index contributed by atoms with van der Waals surface area (Å²) in [7, 11) is 1.50. The summed E-state index contributed by atoms with van der Waals surface area (Å²) in [6.45, 7) is 4.35. The second kappa shape index (κ2) is 5.96. The number of alkyl halides is 1. The molecule has 2 N–H and O–H groups in total. The smallest absolute Gasteiger partial charge is 0.255 e. The Balaban J connectivity index is 2.73. The molecule has 18 heavy (non-hydrogen) atoms. The lowest BCUT2D eigenvalue weighted by molar-refractivity contribution is 0.0937. The minimum Gasteiger partial charge on any atom is -0.507 e. The third kappa shape index (κ3) is 3.81. The van der Waals surface area contributed by atoms with Crippen LogP contribution >= 0.6 is 11.6 Å². The maximum Gasteiger partial charge on any atom is 0.255 e. The molecule has 1 aromatic rings. The van der Waals surface area contributed by atoms with Gasteiger partial charge in [0.15, 0.2) is 0 Å². The standard InChI is InChI=1S/C13H18ClNO3/c1-13(2,7-14)8-15-12(17)10-5-4-9(18-3)6-11(10)16/h4-6,16H,7-8H2,1-3H3,(H,15,17). The second-order valence-corrected chi connectivity index (χ2v) is 5.13. The van der Waals surface area contributed by atoms with E-state index in [0.717, 1.165) is 0 Å². The Bertz CT molecular complexity index is 432. The van der Waals surface area contributed by atoms with Crippen molar-refractivity contribution in [3.05, 3.63) is 23.8 Å². The quantitative estimate of drug-likeness (QED) is 0.809. The number of amides is 1. The lowest BCUT2D eigenvalue weighted by Crippen LogP contribution is -2.35. The number of ether oxygens (including phenoxy) is 1. The van der Waals surface area contributed by atoms with Crippen molar-refractivity contribution in [3.63, 3.8) is 0 Å². The highest BCUT2D eigenvalue weighted by Gasteiger charge is 2.19. The molecule has 100 valence electrons. The Morgan fingerprint density at radius 2 is 2.17 bits per heavy atom. The van der Waals surface area contributed by atoms with Crippen molar-refractivity contribution >= 4 is 17.5 Å². The van der Waals surface area contributed by atoms with Crippen LogP contribution in [-0.4, -0.2) is 30.5 Å². The maximum atomic E-state index is 11.9. The minimum atomic E-state index is -0.326. The van der Waals surface area contributed by atoms with Gasteiger partial charge in [0.05, 0.1) is 12.7 Å². The predicted octanol–water partition coefficient (Wildman–Crippen LogP) is 2.40. The summed E-state index contributed by atoms with van der Waals surface area (Å²) in [4.78, 5) is 11.9. The van der Waals surface area contributed by atoms with Gasteiger partial charge in [0.25, 0.3) is 5.91 Å². The Labute approximate surface area is 112 Å². The third-order valence-corrected chi connectivity index (χ3v) is 3.26. The highest BCUT2D eigenvalue weighted by atomic mass is 35.5. The summed E-state index contributed by atoms with van der Waals surface area (Å²) in [5, 5.41) is 12.5. The molecule has 0 aliphatic heterocycles. The summed E-state index contributed by atoms with van der Waals surface area (Å²) in [6, 6.07) is 4.56. The molecule has 1 rings (SSSR count). The van der Waals surface area contributed by atoms with Crippen LogP contribution in [0.3, 0.4) is 0 Å². The molecule has 0 heterocycles. The zero-order chi connectivity index (χ0) is 13.8. The van der Waals surface area contributed by atoms with Crippen molar-refractivity contribution in [3.8, 4) is 11.5 Å². The average Bonchev–Trinajstić information content (AvgIpc) is 2.36. The maximum absolute atomic E-state index is 11.9. The number of rotatable bonds is 5. The number of halogens is 1. The van der Waals surface area contributed by atoms with Gasteiger partial charge in [-0.15, -0.1) is 11.6 Å². The van der Waals surface area contributed by atoms with E-state index in [1.165, 1.54) is 19.2 Å². The first-order chi connectivity index (χ1) is 8.39. The summed E-state index contributed by atoms with van der Waals surface area (Å²) in [5.41, 5.74) is 0.0421. The van der Waals surface area contributed by atoms with E-state index in [-0.39, 0.29) is 22.6 Å². The number of hydrogen-bond acceptors (Lipinski definition) is 3. The Hall–Kier alpha value is -1.42. The number of carbonyl (C=O) groups excluding carboxylic acids is 1. The fraction of sp³-hybridized carbons (Fsp3) is 0.462. The number of hydrogen-bond donors (Lipinski definition) is 2. The molecule has 4 nitrogen and oxygen atoms in total. The normalized spacial score (nSPS) is 11.1. The lowest BCUT2D eigenvalue weighted by atomic mass is 9.96. The van der Waals surface area contributed by atoms with E-state index in [0.29, 0.717) is 18.2 Å². The first-order valence-electron chi connectivity index (χ1n) is 5.61. The molecule has 0 aromatic heterocycles. The van der Waals surface area contributed by atoms with E-state index in [1.54, 1.807) is 6.07 Å². The number of phenolic OH excluding ortho intramolecular Hbond substituents is 1. The van der Waals surface area contributed by atoms with Gasteiger partial charge < -0.3 is 15.2 Å². The van der Waals surface area contributed by atoms with Crippen LogP contribution in [0.5, 0.6) is 11.5 Å². The van der Waals surface area contributed by atoms with Crippen LogP contribution < -0.4 is 10.1 Å². The molecule has 5 heteroatoms. The number of nitrogens with one attached hydrogen (secondary N) is 1. The van der Waals surface area contributed by atoms with E-state index in [1.807, 2.05) is 13.8 Å². The van der Waals surface area contributed by atoms with E-state index in [4.69, 9.17) is 16.3 Å². The van der Waals surface area contributed by atoms with Crippen molar-refractivity contribution in [1.29, 1.82) is 0 Å². The van der Waals surface area contributed by atoms with E-state index in [9.17, 15) is 9.90 Å². The monoisotopic (exact) mass is 271 g/mol. The van der Waals surface area contributed by atoms with Crippen LogP contribution in [-0.2, 0) is 0 Å². The van der Waals surface area contributed by atoms with Gasteiger partial charge in [0.1, 0.15) is 11.5 Å².